The fraction of sp³-hybridized carbons (Fsp3) is 0.533. The molecule has 5 heteroatoms. The minimum Gasteiger partial charge on any atom is -0.381 e. The molecule has 1 aromatic carbocycles. The van der Waals surface area contributed by atoms with E-state index in [0.717, 1.165) is 31.4 Å². The molecule has 1 fully saturated rings. The van der Waals surface area contributed by atoms with Gasteiger partial charge in [0.05, 0.1) is 16.9 Å². The first-order valence-electron chi connectivity index (χ1n) is 6.97. The lowest BCUT2D eigenvalue weighted by Crippen LogP contribution is -2.27. The molecule has 1 saturated carbocycles. The van der Waals surface area contributed by atoms with Gasteiger partial charge in [-0.3, -0.25) is 0 Å². The smallest absolute Gasteiger partial charge is 0.175 e. The van der Waals surface area contributed by atoms with Crippen LogP contribution in [-0.4, -0.2) is 20.7 Å². The first kappa shape index (κ1) is 14.9. The minimum absolute atomic E-state index is 0.0343. The second-order valence-corrected chi connectivity index (χ2v) is 7.44. The molecule has 0 amide bonds. The monoisotopic (exact) mass is 292 g/mol. The Morgan fingerprint density at radius 3 is 2.40 bits per heavy atom. The molecule has 1 N–H and O–H groups in total. The Balaban J connectivity index is 2.10. The first-order chi connectivity index (χ1) is 9.50. The summed E-state index contributed by atoms with van der Waals surface area (Å²) < 4.78 is 22.8. The molecule has 1 aliphatic rings. The average molecular weight is 292 g/mol. The molecule has 0 saturated heterocycles. The van der Waals surface area contributed by atoms with Crippen LogP contribution in [0.4, 0.5) is 5.69 Å². The van der Waals surface area contributed by atoms with Gasteiger partial charge >= 0.3 is 0 Å². The van der Waals surface area contributed by atoms with Crippen molar-refractivity contribution in [3.05, 3.63) is 24.3 Å². The van der Waals surface area contributed by atoms with E-state index in [1.807, 2.05) is 0 Å². The molecule has 2 atom stereocenters. The maximum Gasteiger partial charge on any atom is 0.175 e. The Morgan fingerprint density at radius 1 is 1.15 bits per heavy atom. The predicted molar refractivity (Wildman–Crippen MR) is 79.2 cm³/mol. The number of hydrogen-bond acceptors (Lipinski definition) is 4. The van der Waals surface area contributed by atoms with Crippen molar-refractivity contribution in [2.24, 2.45) is 5.92 Å². The summed E-state index contributed by atoms with van der Waals surface area (Å²) in [6.07, 6.45) is 6.57. The van der Waals surface area contributed by atoms with Crippen molar-refractivity contribution in [2.75, 3.05) is 11.6 Å². The zero-order valence-electron chi connectivity index (χ0n) is 11.7. The fourth-order valence-electron chi connectivity index (χ4n) is 2.65. The van der Waals surface area contributed by atoms with Crippen molar-refractivity contribution in [1.29, 1.82) is 5.26 Å². The maximum atomic E-state index is 11.4. The van der Waals surface area contributed by atoms with Crippen molar-refractivity contribution >= 4 is 15.5 Å². The van der Waals surface area contributed by atoms with E-state index in [4.69, 9.17) is 0 Å². The van der Waals surface area contributed by atoms with Gasteiger partial charge in [0.15, 0.2) is 9.84 Å². The lowest BCUT2D eigenvalue weighted by atomic mass is 9.96. The van der Waals surface area contributed by atoms with Crippen LogP contribution in [0.5, 0.6) is 0 Å². The standard InChI is InChI=1S/C15H20N2O2S/c1-20(18,19)14-9-7-13(8-10-14)17-15-6-4-2-3-5-12(15)11-16/h7-10,12,15,17H,2-6H2,1H3. The second kappa shape index (κ2) is 6.27. The summed E-state index contributed by atoms with van der Waals surface area (Å²) in [4.78, 5) is 0.320. The molecule has 0 bridgehead atoms. The molecule has 108 valence electrons. The normalized spacial score (nSPS) is 23.6. The van der Waals surface area contributed by atoms with E-state index in [2.05, 4.69) is 11.4 Å². The molecule has 0 radical (unpaired) electrons. The van der Waals surface area contributed by atoms with Gasteiger partial charge in [-0.05, 0) is 37.1 Å². The Bertz CT molecular complexity index is 587. The van der Waals surface area contributed by atoms with Crippen molar-refractivity contribution in [1.82, 2.24) is 0 Å². The highest BCUT2D eigenvalue weighted by molar-refractivity contribution is 7.90. The lowest BCUT2D eigenvalue weighted by Gasteiger charge is -2.22. The lowest BCUT2D eigenvalue weighted by molar-refractivity contribution is 0.514. The van der Waals surface area contributed by atoms with Crippen LogP contribution < -0.4 is 5.32 Å². The van der Waals surface area contributed by atoms with E-state index in [9.17, 15) is 13.7 Å². The zero-order chi connectivity index (χ0) is 14.6. The summed E-state index contributed by atoms with van der Waals surface area (Å²) in [6, 6.07) is 9.31. The number of hydrogen-bond donors (Lipinski definition) is 1. The van der Waals surface area contributed by atoms with Crippen LogP contribution in [0.3, 0.4) is 0 Å². The predicted octanol–water partition coefficient (Wildman–Crippen LogP) is 2.97. The van der Waals surface area contributed by atoms with Crippen molar-refractivity contribution < 1.29 is 8.42 Å². The third-order valence-corrected chi connectivity index (χ3v) is 4.94. The summed E-state index contributed by atoms with van der Waals surface area (Å²) >= 11 is 0. The summed E-state index contributed by atoms with van der Waals surface area (Å²) in [5, 5.41) is 12.6. The SMILES string of the molecule is CS(=O)(=O)c1ccc(NC2CCCCCC2C#N)cc1. The fourth-order valence-corrected chi connectivity index (χ4v) is 3.28. The molecule has 0 aromatic heterocycles. The number of sulfone groups is 1. The van der Waals surface area contributed by atoms with Gasteiger partial charge in [0.1, 0.15) is 0 Å². The number of benzene rings is 1. The van der Waals surface area contributed by atoms with Crippen LogP contribution in [0.15, 0.2) is 29.2 Å². The number of nitriles is 1. The topological polar surface area (TPSA) is 70.0 Å². The van der Waals surface area contributed by atoms with Crippen LogP contribution in [0.25, 0.3) is 0 Å². The van der Waals surface area contributed by atoms with Crippen molar-refractivity contribution in [2.45, 2.75) is 43.0 Å². The minimum atomic E-state index is -3.15. The van der Waals surface area contributed by atoms with E-state index >= 15 is 0 Å². The van der Waals surface area contributed by atoms with Gasteiger partial charge in [-0.2, -0.15) is 5.26 Å². The summed E-state index contributed by atoms with van der Waals surface area (Å²) in [5.41, 5.74) is 0.879. The molecule has 2 unspecified atom stereocenters. The van der Waals surface area contributed by atoms with Crippen molar-refractivity contribution in [3.63, 3.8) is 0 Å². The van der Waals surface area contributed by atoms with Gasteiger partial charge in [0, 0.05) is 18.0 Å². The number of anilines is 1. The molecule has 0 heterocycles. The van der Waals surface area contributed by atoms with E-state index in [1.165, 1.54) is 12.7 Å². The van der Waals surface area contributed by atoms with E-state index in [0.29, 0.717) is 4.90 Å². The van der Waals surface area contributed by atoms with Crippen LogP contribution in [0, 0.1) is 17.2 Å². The molecule has 0 aliphatic heterocycles. The van der Waals surface area contributed by atoms with Crippen LogP contribution in [0.2, 0.25) is 0 Å². The van der Waals surface area contributed by atoms with Crippen LogP contribution in [0.1, 0.15) is 32.1 Å². The highest BCUT2D eigenvalue weighted by Gasteiger charge is 2.23. The Morgan fingerprint density at radius 2 is 1.80 bits per heavy atom. The molecule has 1 aromatic rings. The molecule has 20 heavy (non-hydrogen) atoms. The molecule has 1 aliphatic carbocycles. The van der Waals surface area contributed by atoms with Gasteiger partial charge in [0.2, 0.25) is 0 Å². The van der Waals surface area contributed by atoms with Gasteiger partial charge in [-0.25, -0.2) is 8.42 Å². The van der Waals surface area contributed by atoms with E-state index in [-0.39, 0.29) is 12.0 Å². The van der Waals surface area contributed by atoms with Gasteiger partial charge in [-0.1, -0.05) is 19.3 Å². The first-order valence-corrected chi connectivity index (χ1v) is 8.86. The summed E-state index contributed by atoms with van der Waals surface area (Å²) in [6.45, 7) is 0. The average Bonchev–Trinajstić information content (AvgIpc) is 2.63. The summed E-state index contributed by atoms with van der Waals surface area (Å²) in [7, 11) is -3.15. The Kier molecular flexibility index (Phi) is 4.66. The summed E-state index contributed by atoms with van der Waals surface area (Å²) in [5.74, 6) is 0.0343. The second-order valence-electron chi connectivity index (χ2n) is 5.42. The Labute approximate surface area is 120 Å². The number of nitrogens with zero attached hydrogens (tertiary/aromatic N) is 1. The van der Waals surface area contributed by atoms with E-state index in [1.54, 1.807) is 24.3 Å². The highest BCUT2D eigenvalue weighted by Crippen LogP contribution is 2.26. The molecule has 4 nitrogen and oxygen atoms in total. The van der Waals surface area contributed by atoms with Gasteiger partial charge in [-0.15, -0.1) is 0 Å². The zero-order valence-corrected chi connectivity index (χ0v) is 12.5. The largest absolute Gasteiger partial charge is 0.381 e. The van der Waals surface area contributed by atoms with Crippen LogP contribution >= 0.6 is 0 Å². The highest BCUT2D eigenvalue weighted by atomic mass is 32.2. The molecule has 0 spiro atoms. The quantitative estimate of drug-likeness (QED) is 0.869. The van der Waals surface area contributed by atoms with Gasteiger partial charge < -0.3 is 5.32 Å². The van der Waals surface area contributed by atoms with Crippen molar-refractivity contribution in [3.8, 4) is 6.07 Å². The number of nitrogens with one attached hydrogen (secondary N) is 1. The third-order valence-electron chi connectivity index (χ3n) is 3.82. The molecular weight excluding hydrogens is 272 g/mol. The maximum absolute atomic E-state index is 11.4. The molecular formula is C15H20N2O2S. The van der Waals surface area contributed by atoms with Gasteiger partial charge in [0.25, 0.3) is 0 Å². The Hall–Kier alpha value is -1.54. The third kappa shape index (κ3) is 3.73. The molecule has 2 rings (SSSR count). The van der Waals surface area contributed by atoms with E-state index < -0.39 is 9.84 Å². The number of rotatable bonds is 3. The van der Waals surface area contributed by atoms with Crippen LogP contribution in [-0.2, 0) is 9.84 Å².